The van der Waals surface area contributed by atoms with E-state index in [0.717, 1.165) is 27.1 Å². The summed E-state index contributed by atoms with van der Waals surface area (Å²) < 4.78 is 0. The molecule has 0 fully saturated rings. The van der Waals surface area contributed by atoms with Crippen LogP contribution in [0.5, 0.6) is 0 Å². The second-order valence-electron chi connectivity index (χ2n) is 3.35. The zero-order valence-corrected chi connectivity index (χ0v) is 9.45. The predicted molar refractivity (Wildman–Crippen MR) is 61.2 cm³/mol. The van der Waals surface area contributed by atoms with E-state index in [1.165, 1.54) is 0 Å². The summed E-state index contributed by atoms with van der Waals surface area (Å²) in [6.07, 6.45) is 0. The number of benzene rings is 1. The van der Waals surface area contributed by atoms with Crippen LogP contribution >= 0.6 is 23.2 Å². The van der Waals surface area contributed by atoms with Gasteiger partial charge in [-0.2, -0.15) is 0 Å². The van der Waals surface area contributed by atoms with Crippen molar-refractivity contribution in [2.24, 2.45) is 0 Å². The fourth-order valence-electron chi connectivity index (χ4n) is 1.58. The van der Waals surface area contributed by atoms with Crippen LogP contribution in [-0.2, 0) is 0 Å². The molecule has 1 aromatic heterocycles. The lowest BCUT2D eigenvalue weighted by atomic mass is 10.1. The third-order valence-electron chi connectivity index (χ3n) is 2.28. The van der Waals surface area contributed by atoms with Crippen molar-refractivity contribution >= 4 is 34.1 Å². The Hall–Kier alpha value is -0.790. The minimum absolute atomic E-state index is 0.514. The SMILES string of the molecule is Cc1ccc(Cl)c2c(C)cc(Cl)nc12. The molecule has 0 amide bonds. The Bertz CT molecular complexity index is 506. The molecule has 0 unspecified atom stereocenters. The van der Waals surface area contributed by atoms with Crippen molar-refractivity contribution in [3.8, 4) is 0 Å². The van der Waals surface area contributed by atoms with E-state index in [1.807, 2.05) is 32.0 Å². The van der Waals surface area contributed by atoms with Gasteiger partial charge in [0.15, 0.2) is 0 Å². The van der Waals surface area contributed by atoms with Gasteiger partial charge in [-0.15, -0.1) is 0 Å². The molecule has 0 saturated heterocycles. The maximum atomic E-state index is 6.10. The lowest BCUT2D eigenvalue weighted by Crippen LogP contribution is -1.88. The number of halogens is 2. The summed E-state index contributed by atoms with van der Waals surface area (Å²) in [5.74, 6) is 0. The molecule has 0 aliphatic carbocycles. The Kier molecular flexibility index (Phi) is 2.38. The van der Waals surface area contributed by atoms with E-state index in [0.29, 0.717) is 5.15 Å². The average Bonchev–Trinajstić information content (AvgIpc) is 2.10. The molecule has 0 spiro atoms. The first kappa shape index (κ1) is 9.75. The van der Waals surface area contributed by atoms with Gasteiger partial charge in [0, 0.05) is 5.39 Å². The maximum Gasteiger partial charge on any atom is 0.130 e. The number of hydrogen-bond acceptors (Lipinski definition) is 1. The van der Waals surface area contributed by atoms with Gasteiger partial charge in [-0.3, -0.25) is 0 Å². The Morgan fingerprint density at radius 3 is 2.50 bits per heavy atom. The molecule has 72 valence electrons. The van der Waals surface area contributed by atoms with Gasteiger partial charge in [0.05, 0.1) is 10.5 Å². The minimum atomic E-state index is 0.514. The zero-order valence-electron chi connectivity index (χ0n) is 7.94. The smallest absolute Gasteiger partial charge is 0.130 e. The average molecular weight is 226 g/mol. The van der Waals surface area contributed by atoms with Crippen LogP contribution in [0.4, 0.5) is 0 Å². The first-order valence-corrected chi connectivity index (χ1v) is 5.07. The van der Waals surface area contributed by atoms with Gasteiger partial charge in [-0.05, 0) is 37.1 Å². The molecule has 0 atom stereocenters. The van der Waals surface area contributed by atoms with E-state index in [9.17, 15) is 0 Å². The number of aromatic nitrogens is 1. The van der Waals surface area contributed by atoms with Crippen LogP contribution in [0.15, 0.2) is 18.2 Å². The molecular weight excluding hydrogens is 217 g/mol. The highest BCUT2D eigenvalue weighted by Crippen LogP contribution is 2.29. The lowest BCUT2D eigenvalue weighted by Gasteiger charge is -2.06. The highest BCUT2D eigenvalue weighted by Gasteiger charge is 2.07. The molecule has 0 aliphatic heterocycles. The van der Waals surface area contributed by atoms with Crippen molar-refractivity contribution < 1.29 is 0 Å². The highest BCUT2D eigenvalue weighted by atomic mass is 35.5. The molecule has 0 radical (unpaired) electrons. The standard InChI is InChI=1S/C11H9Cl2N/c1-6-3-4-8(12)10-7(2)5-9(13)14-11(6)10/h3-5H,1-2H3. The molecule has 1 aromatic carbocycles. The van der Waals surface area contributed by atoms with Gasteiger partial charge >= 0.3 is 0 Å². The van der Waals surface area contributed by atoms with Crippen molar-refractivity contribution in [2.75, 3.05) is 0 Å². The Morgan fingerprint density at radius 2 is 1.79 bits per heavy atom. The fraction of sp³-hybridized carbons (Fsp3) is 0.182. The van der Waals surface area contributed by atoms with Crippen molar-refractivity contribution in [2.45, 2.75) is 13.8 Å². The van der Waals surface area contributed by atoms with Crippen molar-refractivity contribution in [1.82, 2.24) is 4.98 Å². The van der Waals surface area contributed by atoms with Gasteiger partial charge in [0.2, 0.25) is 0 Å². The first-order valence-electron chi connectivity index (χ1n) is 4.31. The number of aryl methyl sites for hydroxylation is 2. The molecule has 2 rings (SSSR count). The summed E-state index contributed by atoms with van der Waals surface area (Å²) in [6, 6.07) is 5.67. The second kappa shape index (κ2) is 3.41. The maximum absolute atomic E-state index is 6.10. The molecule has 1 nitrogen and oxygen atoms in total. The Morgan fingerprint density at radius 1 is 1.07 bits per heavy atom. The van der Waals surface area contributed by atoms with Crippen molar-refractivity contribution in [1.29, 1.82) is 0 Å². The summed E-state index contributed by atoms with van der Waals surface area (Å²) in [6.45, 7) is 3.99. The number of pyridine rings is 1. The Labute approximate surface area is 92.7 Å². The predicted octanol–water partition coefficient (Wildman–Crippen LogP) is 4.16. The number of hydrogen-bond donors (Lipinski definition) is 0. The van der Waals surface area contributed by atoms with Gasteiger partial charge < -0.3 is 0 Å². The van der Waals surface area contributed by atoms with Gasteiger partial charge in [0.25, 0.3) is 0 Å². The van der Waals surface area contributed by atoms with Crippen LogP contribution < -0.4 is 0 Å². The monoisotopic (exact) mass is 225 g/mol. The molecule has 0 aliphatic rings. The van der Waals surface area contributed by atoms with Crippen molar-refractivity contribution in [3.63, 3.8) is 0 Å². The molecule has 2 aromatic rings. The zero-order chi connectivity index (χ0) is 10.3. The van der Waals surface area contributed by atoms with E-state index in [4.69, 9.17) is 23.2 Å². The first-order chi connectivity index (χ1) is 6.59. The Balaban J connectivity index is 3.00. The summed E-state index contributed by atoms with van der Waals surface area (Å²) in [7, 11) is 0. The van der Waals surface area contributed by atoms with Crippen LogP contribution in [0.25, 0.3) is 10.9 Å². The third kappa shape index (κ3) is 1.47. The topological polar surface area (TPSA) is 12.9 Å². The van der Waals surface area contributed by atoms with E-state index < -0.39 is 0 Å². The van der Waals surface area contributed by atoms with Crippen LogP contribution in [0.2, 0.25) is 10.2 Å². The van der Waals surface area contributed by atoms with Crippen LogP contribution in [0, 0.1) is 13.8 Å². The van der Waals surface area contributed by atoms with Crippen LogP contribution in [0.1, 0.15) is 11.1 Å². The van der Waals surface area contributed by atoms with Gasteiger partial charge in [-0.25, -0.2) is 4.98 Å². The van der Waals surface area contributed by atoms with E-state index in [1.54, 1.807) is 0 Å². The van der Waals surface area contributed by atoms with Crippen molar-refractivity contribution in [3.05, 3.63) is 39.5 Å². The highest BCUT2D eigenvalue weighted by molar-refractivity contribution is 6.36. The third-order valence-corrected chi connectivity index (χ3v) is 2.79. The summed E-state index contributed by atoms with van der Waals surface area (Å²) in [5, 5.41) is 2.24. The van der Waals surface area contributed by atoms with Gasteiger partial charge in [0.1, 0.15) is 5.15 Å². The normalized spacial score (nSPS) is 10.9. The van der Waals surface area contributed by atoms with E-state index >= 15 is 0 Å². The number of fused-ring (bicyclic) bond motifs is 1. The summed E-state index contributed by atoms with van der Waals surface area (Å²) >= 11 is 12.0. The molecule has 0 N–H and O–H groups in total. The quantitative estimate of drug-likeness (QED) is 0.614. The van der Waals surface area contributed by atoms with Crippen LogP contribution in [-0.4, -0.2) is 4.98 Å². The molecule has 1 heterocycles. The molecule has 0 bridgehead atoms. The van der Waals surface area contributed by atoms with E-state index in [2.05, 4.69) is 4.98 Å². The molecule has 14 heavy (non-hydrogen) atoms. The van der Waals surface area contributed by atoms with Crippen LogP contribution in [0.3, 0.4) is 0 Å². The number of nitrogens with zero attached hydrogens (tertiary/aromatic N) is 1. The van der Waals surface area contributed by atoms with E-state index in [-0.39, 0.29) is 0 Å². The molecule has 3 heteroatoms. The minimum Gasteiger partial charge on any atom is -0.236 e. The lowest BCUT2D eigenvalue weighted by molar-refractivity contribution is 1.33. The largest absolute Gasteiger partial charge is 0.236 e. The second-order valence-corrected chi connectivity index (χ2v) is 4.14. The fourth-order valence-corrected chi connectivity index (χ4v) is 2.13. The molecular formula is C11H9Cl2N. The summed E-state index contributed by atoms with van der Waals surface area (Å²) in [5.41, 5.74) is 3.05. The molecule has 0 saturated carbocycles. The number of rotatable bonds is 0. The summed E-state index contributed by atoms with van der Waals surface area (Å²) in [4.78, 5) is 4.28. The van der Waals surface area contributed by atoms with Gasteiger partial charge in [-0.1, -0.05) is 29.3 Å².